The lowest BCUT2D eigenvalue weighted by atomic mass is 9.87. The van der Waals surface area contributed by atoms with Gasteiger partial charge in [0.05, 0.1) is 12.0 Å². The summed E-state index contributed by atoms with van der Waals surface area (Å²) in [5.41, 5.74) is 15.2. The number of nitrogens with one attached hydrogen (secondary N) is 7. The quantitative estimate of drug-likeness (QED) is 0.00866. The maximum atomic E-state index is 15.3. The van der Waals surface area contributed by atoms with Crippen molar-refractivity contribution in [3.05, 3.63) is 161 Å². The number of likely N-dealkylation sites (tertiary alicyclic amines) is 1. The second-order valence-corrected chi connectivity index (χ2v) is 27.2. The first-order valence-electron chi connectivity index (χ1n) is 33.0. The molecule has 8 amide bonds. The number of guanidine groups is 1. The number of para-hydroxylation sites is 1. The molecule has 28 nitrogen and oxygen atoms in total. The highest BCUT2D eigenvalue weighted by Gasteiger charge is 2.47. The molecule has 2 aliphatic heterocycles. The van der Waals surface area contributed by atoms with Gasteiger partial charge >= 0.3 is 18.2 Å². The average molecular weight is 1400 g/mol. The number of primary amides is 1. The van der Waals surface area contributed by atoms with Gasteiger partial charge in [0.2, 0.25) is 41.4 Å². The number of esters is 1. The van der Waals surface area contributed by atoms with Crippen molar-refractivity contribution in [3.63, 3.8) is 0 Å². The van der Waals surface area contributed by atoms with Crippen molar-refractivity contribution in [2.75, 3.05) is 26.7 Å². The van der Waals surface area contributed by atoms with Gasteiger partial charge in [0.25, 0.3) is 10.0 Å². The Hall–Kier alpha value is -10.7. The molecule has 0 aliphatic carbocycles. The number of phenols is 1. The Morgan fingerprint density at radius 1 is 0.730 bits per heavy atom. The van der Waals surface area contributed by atoms with E-state index in [1.165, 1.54) is 48.1 Å². The molecule has 0 radical (unpaired) electrons. The third kappa shape index (κ3) is 20.7. The second kappa shape index (κ2) is 34.7. The molecule has 1 saturated heterocycles. The van der Waals surface area contributed by atoms with Crippen molar-refractivity contribution in [2.24, 2.45) is 16.5 Å². The predicted molar refractivity (Wildman–Crippen MR) is 369 cm³/mol. The van der Waals surface area contributed by atoms with Gasteiger partial charge in [0.1, 0.15) is 61.1 Å². The van der Waals surface area contributed by atoms with E-state index in [1.807, 2.05) is 54.6 Å². The molecule has 1 fully saturated rings. The highest BCUT2D eigenvalue weighted by atomic mass is 32.2. The number of sulfonamides is 1. The van der Waals surface area contributed by atoms with E-state index < -0.39 is 130 Å². The number of aliphatic imine (C=N–C) groups is 1. The number of methoxy groups -OCH3 is 1. The number of hydrogen-bond donors (Lipinski definition) is 10. The molecule has 3 heterocycles. The number of benzene rings is 5. The number of carbonyl (C=O) groups excluding carboxylic acids is 9. The summed E-state index contributed by atoms with van der Waals surface area (Å²) in [7, 11) is -2.81. The Kier molecular flexibility index (Phi) is 26.0. The van der Waals surface area contributed by atoms with E-state index in [-0.39, 0.29) is 81.3 Å². The van der Waals surface area contributed by atoms with E-state index in [1.54, 1.807) is 76.2 Å². The lowest BCUT2D eigenvalue weighted by Crippen LogP contribution is -2.60. The molecule has 8 rings (SSSR count). The summed E-state index contributed by atoms with van der Waals surface area (Å²) in [6.07, 6.45) is -1.59. The maximum Gasteiger partial charge on any atom is 0.411 e. The first kappa shape index (κ1) is 75.1. The minimum Gasteiger partial charge on any atom is -0.504 e. The fourth-order valence-corrected chi connectivity index (χ4v) is 12.7. The Labute approximate surface area is 580 Å². The van der Waals surface area contributed by atoms with Crippen LogP contribution in [-0.4, -0.2) is 156 Å². The number of alkyl carbamates (subject to hydrolysis) is 1. The number of rotatable bonds is 30. The van der Waals surface area contributed by atoms with E-state index in [9.17, 15) is 42.3 Å². The number of phenolic OH excluding ortho intramolecular Hbond substituents is 1. The predicted octanol–water partition coefficient (Wildman–Crippen LogP) is 5.57. The van der Waals surface area contributed by atoms with Gasteiger partial charge in [-0.1, -0.05) is 103 Å². The van der Waals surface area contributed by atoms with Crippen LogP contribution in [0.1, 0.15) is 125 Å². The number of nitrogens with zero attached hydrogens (tertiary/aromatic N) is 3. The van der Waals surface area contributed by atoms with Crippen LogP contribution in [0.15, 0.2) is 137 Å². The van der Waals surface area contributed by atoms with Gasteiger partial charge in [0.15, 0.2) is 11.5 Å². The number of aromatic nitrogens is 1. The van der Waals surface area contributed by atoms with Gasteiger partial charge in [0, 0.05) is 49.1 Å². The van der Waals surface area contributed by atoms with Crippen LogP contribution in [0.3, 0.4) is 0 Å². The van der Waals surface area contributed by atoms with Crippen LogP contribution in [-0.2, 0) is 77.4 Å². The molecule has 100 heavy (non-hydrogen) atoms. The number of nitrogens with two attached hydrogens (primary N) is 2. The highest BCUT2D eigenvalue weighted by Crippen LogP contribution is 2.44. The van der Waals surface area contributed by atoms with Crippen LogP contribution in [0, 0.1) is 6.92 Å². The third-order valence-electron chi connectivity index (χ3n) is 16.8. The number of aromatic hydroxyl groups is 1. The lowest BCUT2D eigenvalue weighted by Gasteiger charge is -2.42. The number of unbranched alkanes of at least 4 members (excludes halogenated alkanes) is 1. The molecule has 2 aliphatic rings. The number of aromatic amines is 1. The molecule has 7 atom stereocenters. The van der Waals surface area contributed by atoms with Crippen LogP contribution in [0.4, 0.5) is 9.59 Å². The van der Waals surface area contributed by atoms with E-state index in [4.69, 9.17) is 30.4 Å². The number of amides is 8. The van der Waals surface area contributed by atoms with Crippen molar-refractivity contribution in [1.29, 1.82) is 0 Å². The minimum absolute atomic E-state index is 0.00138. The van der Waals surface area contributed by atoms with Gasteiger partial charge in [-0.25, -0.2) is 27.5 Å². The number of ether oxygens (including phenoxy) is 4. The zero-order valence-electron chi connectivity index (χ0n) is 56.7. The van der Waals surface area contributed by atoms with Crippen molar-refractivity contribution < 1.29 is 75.6 Å². The zero-order chi connectivity index (χ0) is 72.3. The zero-order valence-corrected chi connectivity index (χ0v) is 57.6. The van der Waals surface area contributed by atoms with Gasteiger partial charge < -0.3 is 72.0 Å². The Morgan fingerprint density at radius 3 is 2.04 bits per heavy atom. The first-order chi connectivity index (χ1) is 47.7. The molecule has 0 spiro atoms. The minimum atomic E-state index is -4.17. The summed E-state index contributed by atoms with van der Waals surface area (Å²) in [4.78, 5) is 137. The summed E-state index contributed by atoms with van der Waals surface area (Å²) >= 11 is 0. The number of fused-ring (bicyclic) bond motifs is 3. The second-order valence-electron chi connectivity index (χ2n) is 25.5. The fraction of sp³-hybridized carbons (Fsp3) is 0.408. The smallest absolute Gasteiger partial charge is 0.411 e. The van der Waals surface area contributed by atoms with E-state index >= 15 is 14.4 Å². The van der Waals surface area contributed by atoms with Crippen LogP contribution in [0.2, 0.25) is 0 Å². The van der Waals surface area contributed by atoms with Crippen molar-refractivity contribution in [2.45, 2.75) is 165 Å². The van der Waals surface area contributed by atoms with Crippen molar-refractivity contribution >= 4 is 80.5 Å². The molecule has 29 heteroatoms. The molecule has 1 aromatic heterocycles. The summed E-state index contributed by atoms with van der Waals surface area (Å²) in [5.74, 6) is -6.35. The van der Waals surface area contributed by atoms with Gasteiger partial charge in [-0.15, -0.1) is 0 Å². The molecular formula is C71H88N12O16S. The number of carbonyl (C=O) groups is 9. The molecule has 0 bridgehead atoms. The molecule has 0 saturated carbocycles. The summed E-state index contributed by atoms with van der Waals surface area (Å²) < 4.78 is 51.0. The average Bonchev–Trinajstić information content (AvgIpc) is 1.50. The molecule has 0 unspecified atom stereocenters. The van der Waals surface area contributed by atoms with Gasteiger partial charge in [-0.2, -0.15) is 0 Å². The van der Waals surface area contributed by atoms with Gasteiger partial charge in [-0.3, -0.25) is 38.7 Å². The number of hydrogen-bond acceptors (Lipinski definition) is 17. The van der Waals surface area contributed by atoms with E-state index in [2.05, 4.69) is 41.3 Å². The van der Waals surface area contributed by atoms with Crippen LogP contribution < -0.4 is 47.5 Å². The third-order valence-corrected chi connectivity index (χ3v) is 18.2. The normalized spacial score (nSPS) is 16.5. The van der Waals surface area contributed by atoms with Gasteiger partial charge in [-0.05, 0) is 139 Å². The number of H-pyrrole nitrogens is 1. The van der Waals surface area contributed by atoms with Crippen LogP contribution >= 0.6 is 0 Å². The van der Waals surface area contributed by atoms with E-state index in [0.29, 0.717) is 47.2 Å². The SMILES string of the molecule is COc1cc([C@@H]2c3[nH]c4ccccc4c3C[C@@H](C(=O)N[C@@H](CCC(N)=O)C(=O)N[C@@H](CCCN=C(N)NS(=O)(=O)c3ccc(C)cc3)C(=O)N3CCC[C@H]3C(=O)N[C@@H](C)C(=O)N[C@@H](CCCCNC(=O)OCc3ccccc3)C(=O)OCc3ccccc3)N2C(=O)OC(C)(C)C)ccc1O. The Balaban J connectivity index is 1.02. The Bertz CT molecular complexity index is 4040. The van der Waals surface area contributed by atoms with Crippen LogP contribution in [0.5, 0.6) is 11.5 Å². The lowest BCUT2D eigenvalue weighted by molar-refractivity contribution is -0.149. The summed E-state index contributed by atoms with van der Waals surface area (Å²) in [6.45, 7) is 8.10. The largest absolute Gasteiger partial charge is 0.504 e. The monoisotopic (exact) mass is 1400 g/mol. The first-order valence-corrected chi connectivity index (χ1v) is 34.5. The van der Waals surface area contributed by atoms with Crippen molar-refractivity contribution in [1.82, 2.24) is 46.1 Å². The maximum absolute atomic E-state index is 15.3. The number of aryl methyl sites for hydroxylation is 1. The standard InChI is InChI=1S/C71H88N12O16S/c1-43-28-31-48(32-29-43)100(94,95)81-68(73)74-37-17-26-53(66(90)82-38-18-27-55(82)64(88)76-44(2)62(86)80-54(67(91)97-41-45-19-9-7-10-20-45)25-15-16-36-75-69(92)98-42-46-21-11-8-12-22-46)79-63(87)52(33-35-59(72)85)78-65(89)56-40-50-49-23-13-14-24-51(49)77-60(50)61(83(56)70(93)99-71(3,4)5)47-30-34-57(84)58(39-47)96-6/h7-14,19-24,28-32,34,39,44,52-56,61,77,84H,15-18,25-27,33,35-38,40-42H2,1-6H3,(H2,72,85)(H,75,92)(H,76,88)(H,78,89)(H,79,87)(H,80,86)(H3,73,74,81)/t44-,52-,53-,54-,55-,56-,61+/m0/s1. The summed E-state index contributed by atoms with van der Waals surface area (Å²) in [6, 6.07) is 26.4. The Morgan fingerprint density at radius 2 is 1.37 bits per heavy atom. The highest BCUT2D eigenvalue weighted by molar-refractivity contribution is 7.90. The molecular weight excluding hydrogens is 1310 g/mol. The summed E-state index contributed by atoms with van der Waals surface area (Å²) in [5, 5.41) is 25.0. The molecule has 5 aromatic carbocycles. The van der Waals surface area contributed by atoms with E-state index in [0.717, 1.165) is 16.5 Å². The topological polar surface area (TPSA) is 404 Å². The molecule has 6 aromatic rings. The molecule has 534 valence electrons. The van der Waals surface area contributed by atoms with Crippen molar-refractivity contribution in [3.8, 4) is 11.5 Å². The fourth-order valence-electron chi connectivity index (χ4n) is 11.7. The molecule has 12 N–H and O–H groups in total. The van der Waals surface area contributed by atoms with Crippen LogP contribution in [0.25, 0.3) is 10.9 Å².